The van der Waals surface area contributed by atoms with Gasteiger partial charge in [0.25, 0.3) is 0 Å². The minimum Gasteiger partial charge on any atom is -0.493 e. The van der Waals surface area contributed by atoms with E-state index in [0.29, 0.717) is 6.04 Å². The van der Waals surface area contributed by atoms with Gasteiger partial charge in [-0.1, -0.05) is 0 Å². The molecule has 0 saturated heterocycles. The predicted molar refractivity (Wildman–Crippen MR) is 116 cm³/mol. The second-order valence-corrected chi connectivity index (χ2v) is 6.87. The summed E-state index contributed by atoms with van der Waals surface area (Å²) in [5.74, 6) is 3.06. The zero-order chi connectivity index (χ0) is 18.4. The molecule has 1 unspecified atom stereocenters. The van der Waals surface area contributed by atoms with E-state index in [2.05, 4.69) is 30.1 Å². The van der Waals surface area contributed by atoms with E-state index in [1.54, 1.807) is 28.4 Å². The first-order valence-electron chi connectivity index (χ1n) is 8.86. The summed E-state index contributed by atoms with van der Waals surface area (Å²) in [6.07, 6.45) is 1.96. The Kier molecular flexibility index (Phi) is 5.76. The zero-order valence-electron chi connectivity index (χ0n) is 16.4. The molecule has 146 valence electrons. The highest BCUT2D eigenvalue weighted by molar-refractivity contribution is 14.0. The first kappa shape index (κ1) is 20.1. The number of methoxy groups -OCH3 is 4. The molecule has 0 saturated carbocycles. The lowest BCUT2D eigenvalue weighted by atomic mass is 9.76. The number of fused-ring (bicyclic) bond motifs is 2. The molecule has 0 bridgehead atoms. The largest absolute Gasteiger partial charge is 0.493 e. The van der Waals surface area contributed by atoms with E-state index in [1.807, 2.05) is 0 Å². The standard InChI is InChI=1S/C21H25NO4.HI/c1-22-7-6-12-9-18(25-4)21(26-5)20-14-11-17(24-3)16(23-2)10-13(14)8-15(22)19(12)20;/h9-11,15H,6-8H2,1-5H3;1H. The molecule has 0 aromatic heterocycles. The molecule has 2 aromatic carbocycles. The minimum atomic E-state index is 0. The van der Waals surface area contributed by atoms with Crippen LogP contribution in [-0.4, -0.2) is 46.9 Å². The van der Waals surface area contributed by atoms with Gasteiger partial charge in [-0.3, -0.25) is 4.90 Å². The van der Waals surface area contributed by atoms with Crippen molar-refractivity contribution in [1.29, 1.82) is 0 Å². The van der Waals surface area contributed by atoms with Gasteiger partial charge in [0.05, 0.1) is 28.4 Å². The number of hydrogen-bond donors (Lipinski definition) is 0. The number of likely N-dealkylation sites (N-methyl/N-ethyl adjacent to an activating group) is 1. The molecule has 1 aliphatic carbocycles. The third-order valence-corrected chi connectivity index (χ3v) is 5.69. The molecule has 6 heteroatoms. The third-order valence-electron chi connectivity index (χ3n) is 5.69. The summed E-state index contributed by atoms with van der Waals surface area (Å²) in [4.78, 5) is 2.43. The quantitative estimate of drug-likeness (QED) is 0.613. The molecule has 0 N–H and O–H groups in total. The molecule has 4 rings (SSSR count). The van der Waals surface area contributed by atoms with Gasteiger partial charge in [-0.15, -0.1) is 24.0 Å². The molecule has 1 aliphatic heterocycles. The van der Waals surface area contributed by atoms with Crippen LogP contribution in [0.2, 0.25) is 0 Å². The van der Waals surface area contributed by atoms with Crippen LogP contribution in [-0.2, 0) is 12.8 Å². The van der Waals surface area contributed by atoms with Gasteiger partial charge in [0, 0.05) is 18.2 Å². The predicted octanol–water partition coefficient (Wildman–Crippen LogP) is 4.09. The lowest BCUT2D eigenvalue weighted by molar-refractivity contribution is 0.226. The monoisotopic (exact) mass is 483 g/mol. The van der Waals surface area contributed by atoms with Crippen LogP contribution in [0.3, 0.4) is 0 Å². The number of ether oxygens (including phenoxy) is 4. The number of rotatable bonds is 4. The Hall–Kier alpha value is -1.67. The molecular formula is C21H26INO4. The molecule has 0 amide bonds. The smallest absolute Gasteiger partial charge is 0.168 e. The number of halogens is 1. The molecule has 0 radical (unpaired) electrons. The van der Waals surface area contributed by atoms with Crippen LogP contribution in [0.15, 0.2) is 18.2 Å². The topological polar surface area (TPSA) is 40.2 Å². The zero-order valence-corrected chi connectivity index (χ0v) is 18.7. The van der Waals surface area contributed by atoms with E-state index in [1.165, 1.54) is 16.7 Å². The Labute approximate surface area is 177 Å². The van der Waals surface area contributed by atoms with E-state index in [-0.39, 0.29) is 24.0 Å². The average Bonchev–Trinajstić information content (AvgIpc) is 2.68. The van der Waals surface area contributed by atoms with Gasteiger partial charge in [-0.2, -0.15) is 0 Å². The fourth-order valence-corrected chi connectivity index (χ4v) is 4.38. The Bertz CT molecular complexity index is 868. The van der Waals surface area contributed by atoms with Crippen molar-refractivity contribution in [2.75, 3.05) is 42.0 Å². The molecular weight excluding hydrogens is 457 g/mol. The highest BCUT2D eigenvalue weighted by Crippen LogP contribution is 2.53. The number of nitrogens with zero attached hydrogens (tertiary/aromatic N) is 1. The highest BCUT2D eigenvalue weighted by atomic mass is 127. The molecule has 0 spiro atoms. The van der Waals surface area contributed by atoms with Crippen LogP contribution in [0, 0.1) is 0 Å². The summed E-state index contributed by atoms with van der Waals surface area (Å²) in [6.45, 7) is 1.04. The van der Waals surface area contributed by atoms with E-state index in [9.17, 15) is 0 Å². The van der Waals surface area contributed by atoms with Gasteiger partial charge in [-0.25, -0.2) is 0 Å². The molecule has 5 nitrogen and oxygen atoms in total. The van der Waals surface area contributed by atoms with Gasteiger partial charge in [0.1, 0.15) is 0 Å². The summed E-state index contributed by atoms with van der Waals surface area (Å²) < 4.78 is 22.6. The van der Waals surface area contributed by atoms with Gasteiger partial charge in [0.15, 0.2) is 23.0 Å². The van der Waals surface area contributed by atoms with Gasteiger partial charge in [0.2, 0.25) is 0 Å². The van der Waals surface area contributed by atoms with Crippen molar-refractivity contribution in [2.45, 2.75) is 18.9 Å². The van der Waals surface area contributed by atoms with Gasteiger partial charge < -0.3 is 18.9 Å². The molecule has 2 aromatic rings. The maximum atomic E-state index is 5.81. The van der Waals surface area contributed by atoms with Crippen molar-refractivity contribution in [1.82, 2.24) is 4.90 Å². The maximum absolute atomic E-state index is 5.81. The van der Waals surface area contributed by atoms with Crippen LogP contribution >= 0.6 is 24.0 Å². The van der Waals surface area contributed by atoms with Crippen LogP contribution in [0.5, 0.6) is 23.0 Å². The van der Waals surface area contributed by atoms with Crippen LogP contribution in [0.4, 0.5) is 0 Å². The summed E-state index contributed by atoms with van der Waals surface area (Å²) in [7, 11) is 8.94. The average molecular weight is 483 g/mol. The lowest BCUT2D eigenvalue weighted by Crippen LogP contribution is -2.35. The van der Waals surface area contributed by atoms with Crippen molar-refractivity contribution in [3.8, 4) is 34.1 Å². The Morgan fingerprint density at radius 1 is 0.852 bits per heavy atom. The van der Waals surface area contributed by atoms with E-state index in [0.717, 1.165) is 53.5 Å². The number of hydrogen-bond acceptors (Lipinski definition) is 5. The fraction of sp³-hybridized carbons (Fsp3) is 0.429. The van der Waals surface area contributed by atoms with E-state index in [4.69, 9.17) is 18.9 Å². The highest BCUT2D eigenvalue weighted by Gasteiger charge is 2.36. The fourth-order valence-electron chi connectivity index (χ4n) is 4.38. The SMILES string of the molecule is COc1cc2c(cc1OC)-c1c(OC)c(OC)cc3c1C(C2)N(C)CC3.I. The van der Waals surface area contributed by atoms with Gasteiger partial charge in [-0.05, 0) is 60.3 Å². The molecule has 1 heterocycles. The Morgan fingerprint density at radius 3 is 2.11 bits per heavy atom. The summed E-state index contributed by atoms with van der Waals surface area (Å²) in [6, 6.07) is 6.64. The van der Waals surface area contributed by atoms with Crippen LogP contribution in [0.25, 0.3) is 11.1 Å². The molecule has 1 atom stereocenters. The first-order chi connectivity index (χ1) is 12.6. The van der Waals surface area contributed by atoms with Gasteiger partial charge >= 0.3 is 0 Å². The molecule has 0 fully saturated rings. The van der Waals surface area contributed by atoms with Crippen molar-refractivity contribution in [3.63, 3.8) is 0 Å². The first-order valence-corrected chi connectivity index (χ1v) is 8.86. The maximum Gasteiger partial charge on any atom is 0.168 e. The second kappa shape index (κ2) is 7.75. The Morgan fingerprint density at radius 2 is 1.48 bits per heavy atom. The van der Waals surface area contributed by atoms with Crippen LogP contribution < -0.4 is 18.9 Å². The Balaban J connectivity index is 0.00000210. The summed E-state index contributed by atoms with van der Waals surface area (Å²) in [5, 5.41) is 0. The molecule has 2 aliphatic rings. The lowest BCUT2D eigenvalue weighted by Gasteiger charge is -2.40. The van der Waals surface area contributed by atoms with E-state index >= 15 is 0 Å². The molecule has 27 heavy (non-hydrogen) atoms. The minimum absolute atomic E-state index is 0. The van der Waals surface area contributed by atoms with E-state index < -0.39 is 0 Å². The van der Waals surface area contributed by atoms with Crippen molar-refractivity contribution < 1.29 is 18.9 Å². The van der Waals surface area contributed by atoms with Crippen LogP contribution in [0.1, 0.15) is 22.7 Å². The van der Waals surface area contributed by atoms with Crippen molar-refractivity contribution in [3.05, 3.63) is 34.9 Å². The third kappa shape index (κ3) is 3.02. The van der Waals surface area contributed by atoms with Crippen molar-refractivity contribution in [2.24, 2.45) is 0 Å². The van der Waals surface area contributed by atoms with Crippen molar-refractivity contribution >= 4 is 24.0 Å². The summed E-state index contributed by atoms with van der Waals surface area (Å²) in [5.41, 5.74) is 6.21. The normalized spacial score (nSPS) is 17.3. The number of benzene rings is 2. The summed E-state index contributed by atoms with van der Waals surface area (Å²) >= 11 is 0. The second-order valence-electron chi connectivity index (χ2n) is 6.87.